The van der Waals surface area contributed by atoms with Crippen LogP contribution >= 0.6 is 34.2 Å². The van der Waals surface area contributed by atoms with Gasteiger partial charge in [0.25, 0.3) is 0 Å². The van der Waals surface area contributed by atoms with Crippen LogP contribution in [0.4, 0.5) is 0 Å². The van der Waals surface area contributed by atoms with E-state index < -0.39 is 0 Å². The molecular formula is C9H7ClIN. The molecule has 0 radical (unpaired) electrons. The monoisotopic (exact) mass is 291 g/mol. The third kappa shape index (κ3) is 1.23. The third-order valence-corrected chi connectivity index (χ3v) is 3.49. The number of nitrogens with one attached hydrogen (secondary N) is 1. The number of halogens is 2. The summed E-state index contributed by atoms with van der Waals surface area (Å²) in [4.78, 5) is 3.29. The van der Waals surface area contributed by atoms with Crippen molar-refractivity contribution in [1.82, 2.24) is 4.98 Å². The van der Waals surface area contributed by atoms with E-state index in [0.29, 0.717) is 0 Å². The summed E-state index contributed by atoms with van der Waals surface area (Å²) in [7, 11) is 0. The predicted molar refractivity (Wildman–Crippen MR) is 60.8 cm³/mol. The molecule has 12 heavy (non-hydrogen) atoms. The molecule has 0 aliphatic heterocycles. The van der Waals surface area contributed by atoms with Gasteiger partial charge in [0.1, 0.15) is 0 Å². The number of rotatable bonds is 0. The summed E-state index contributed by atoms with van der Waals surface area (Å²) in [5.74, 6) is 0. The lowest BCUT2D eigenvalue weighted by Gasteiger charge is -1.90. The molecule has 3 heteroatoms. The summed E-state index contributed by atoms with van der Waals surface area (Å²) in [5.41, 5.74) is 2.36. The van der Waals surface area contributed by atoms with Gasteiger partial charge in [0, 0.05) is 25.2 Å². The maximum atomic E-state index is 5.88. The Morgan fingerprint density at radius 1 is 1.42 bits per heavy atom. The molecule has 0 spiro atoms. The second-order valence-corrected chi connectivity index (χ2v) is 4.27. The zero-order valence-corrected chi connectivity index (χ0v) is 9.40. The molecule has 0 bridgehead atoms. The number of hydrogen-bond donors (Lipinski definition) is 1. The summed E-state index contributed by atoms with van der Waals surface area (Å²) in [6, 6.07) is 5.89. The number of hydrogen-bond acceptors (Lipinski definition) is 0. The SMILES string of the molecule is Cc1[nH]c2ccc(Cl)cc2c1I. The van der Waals surface area contributed by atoms with Gasteiger partial charge in [0.15, 0.2) is 0 Å². The lowest BCUT2D eigenvalue weighted by atomic mass is 10.2. The van der Waals surface area contributed by atoms with Crippen molar-refractivity contribution in [2.75, 3.05) is 0 Å². The van der Waals surface area contributed by atoms with E-state index >= 15 is 0 Å². The smallest absolute Gasteiger partial charge is 0.0468 e. The molecule has 0 unspecified atom stereocenters. The van der Waals surface area contributed by atoms with Gasteiger partial charge in [-0.05, 0) is 47.7 Å². The zero-order valence-electron chi connectivity index (χ0n) is 6.49. The zero-order chi connectivity index (χ0) is 8.72. The Bertz CT molecular complexity index is 433. The Morgan fingerprint density at radius 3 is 2.92 bits per heavy atom. The molecule has 1 N–H and O–H groups in total. The van der Waals surface area contributed by atoms with Crippen LogP contribution in [0, 0.1) is 10.5 Å². The average molecular weight is 292 g/mol. The molecule has 1 aromatic heterocycles. The molecule has 0 amide bonds. The minimum Gasteiger partial charge on any atom is -0.358 e. The highest BCUT2D eigenvalue weighted by molar-refractivity contribution is 14.1. The lowest BCUT2D eigenvalue weighted by Crippen LogP contribution is -1.70. The maximum Gasteiger partial charge on any atom is 0.0468 e. The molecule has 0 saturated carbocycles. The molecule has 62 valence electrons. The first-order valence-electron chi connectivity index (χ1n) is 3.62. The van der Waals surface area contributed by atoms with E-state index in [0.717, 1.165) is 10.5 Å². The first-order valence-corrected chi connectivity index (χ1v) is 5.07. The Hall–Kier alpha value is -0.220. The van der Waals surface area contributed by atoms with Crippen molar-refractivity contribution in [3.63, 3.8) is 0 Å². The van der Waals surface area contributed by atoms with Gasteiger partial charge in [-0.25, -0.2) is 0 Å². The van der Waals surface area contributed by atoms with Crippen molar-refractivity contribution in [3.05, 3.63) is 32.5 Å². The number of benzene rings is 1. The van der Waals surface area contributed by atoms with Crippen LogP contribution in [0.3, 0.4) is 0 Å². The molecule has 1 nitrogen and oxygen atoms in total. The van der Waals surface area contributed by atoms with Crippen LogP contribution in [0.15, 0.2) is 18.2 Å². The summed E-state index contributed by atoms with van der Waals surface area (Å²) >= 11 is 8.21. The van der Waals surface area contributed by atoms with Crippen molar-refractivity contribution in [2.24, 2.45) is 0 Å². The first-order chi connectivity index (χ1) is 5.68. The lowest BCUT2D eigenvalue weighted by molar-refractivity contribution is 1.28. The van der Waals surface area contributed by atoms with Crippen LogP contribution in [-0.2, 0) is 0 Å². The predicted octanol–water partition coefficient (Wildman–Crippen LogP) is 3.73. The van der Waals surface area contributed by atoms with Gasteiger partial charge in [-0.3, -0.25) is 0 Å². The van der Waals surface area contributed by atoms with Gasteiger partial charge in [0.2, 0.25) is 0 Å². The molecular weight excluding hydrogens is 284 g/mol. The quantitative estimate of drug-likeness (QED) is 0.712. The van der Waals surface area contributed by atoms with Gasteiger partial charge >= 0.3 is 0 Å². The highest BCUT2D eigenvalue weighted by atomic mass is 127. The number of aromatic amines is 1. The van der Waals surface area contributed by atoms with Crippen molar-refractivity contribution < 1.29 is 0 Å². The summed E-state index contributed by atoms with van der Waals surface area (Å²) < 4.78 is 1.25. The highest BCUT2D eigenvalue weighted by Gasteiger charge is 2.04. The molecule has 1 heterocycles. The summed E-state index contributed by atoms with van der Waals surface area (Å²) in [6.07, 6.45) is 0. The van der Waals surface area contributed by atoms with Gasteiger partial charge < -0.3 is 4.98 Å². The van der Waals surface area contributed by atoms with E-state index in [4.69, 9.17) is 11.6 Å². The van der Waals surface area contributed by atoms with E-state index in [2.05, 4.69) is 34.5 Å². The molecule has 1 aromatic carbocycles. The molecule has 2 rings (SSSR count). The van der Waals surface area contributed by atoms with Crippen LogP contribution in [-0.4, -0.2) is 4.98 Å². The molecule has 0 aliphatic carbocycles. The molecule has 0 atom stereocenters. The Balaban J connectivity index is 2.88. The van der Waals surface area contributed by atoms with Gasteiger partial charge in [-0.1, -0.05) is 11.6 Å². The number of fused-ring (bicyclic) bond motifs is 1. The fraction of sp³-hybridized carbons (Fsp3) is 0.111. The highest BCUT2D eigenvalue weighted by Crippen LogP contribution is 2.26. The fourth-order valence-electron chi connectivity index (χ4n) is 1.27. The van der Waals surface area contributed by atoms with E-state index in [1.165, 1.54) is 14.7 Å². The third-order valence-electron chi connectivity index (χ3n) is 1.87. The Kier molecular flexibility index (Phi) is 2.04. The van der Waals surface area contributed by atoms with E-state index in [-0.39, 0.29) is 0 Å². The Labute approximate surface area is 89.3 Å². The van der Waals surface area contributed by atoms with Crippen molar-refractivity contribution in [2.45, 2.75) is 6.92 Å². The van der Waals surface area contributed by atoms with E-state index in [1.807, 2.05) is 18.2 Å². The van der Waals surface area contributed by atoms with Crippen LogP contribution in [0.2, 0.25) is 5.02 Å². The van der Waals surface area contributed by atoms with Crippen LogP contribution < -0.4 is 0 Å². The van der Waals surface area contributed by atoms with Crippen molar-refractivity contribution in [3.8, 4) is 0 Å². The van der Waals surface area contributed by atoms with E-state index in [1.54, 1.807) is 0 Å². The van der Waals surface area contributed by atoms with Crippen LogP contribution in [0.1, 0.15) is 5.69 Å². The Morgan fingerprint density at radius 2 is 2.17 bits per heavy atom. The van der Waals surface area contributed by atoms with Crippen LogP contribution in [0.25, 0.3) is 10.9 Å². The van der Waals surface area contributed by atoms with Gasteiger partial charge in [-0.15, -0.1) is 0 Å². The molecule has 2 aromatic rings. The summed E-state index contributed by atoms with van der Waals surface area (Å²) in [5, 5.41) is 2.00. The molecule has 0 saturated heterocycles. The van der Waals surface area contributed by atoms with Crippen LogP contribution in [0.5, 0.6) is 0 Å². The summed E-state index contributed by atoms with van der Waals surface area (Å²) in [6.45, 7) is 2.07. The molecule has 0 fully saturated rings. The minimum absolute atomic E-state index is 0.791. The van der Waals surface area contributed by atoms with E-state index in [9.17, 15) is 0 Å². The number of aromatic nitrogens is 1. The van der Waals surface area contributed by atoms with Gasteiger partial charge in [0.05, 0.1) is 0 Å². The second-order valence-electron chi connectivity index (χ2n) is 2.75. The normalized spacial score (nSPS) is 10.9. The minimum atomic E-state index is 0.791. The molecule has 0 aliphatic rings. The van der Waals surface area contributed by atoms with Crippen molar-refractivity contribution >= 4 is 45.1 Å². The average Bonchev–Trinajstić information content (AvgIpc) is 2.31. The largest absolute Gasteiger partial charge is 0.358 e. The maximum absolute atomic E-state index is 5.88. The van der Waals surface area contributed by atoms with Crippen molar-refractivity contribution in [1.29, 1.82) is 0 Å². The first kappa shape index (κ1) is 8.38. The second kappa shape index (κ2) is 2.92. The number of H-pyrrole nitrogens is 1. The topological polar surface area (TPSA) is 15.8 Å². The number of aryl methyl sites for hydroxylation is 1. The van der Waals surface area contributed by atoms with Gasteiger partial charge in [-0.2, -0.15) is 0 Å². The fourth-order valence-corrected chi connectivity index (χ4v) is 2.02. The standard InChI is InChI=1S/C9H7ClIN/c1-5-9(11)7-4-6(10)2-3-8(7)12-5/h2-4,12H,1H3.